The molecular weight excluding hydrogens is 430 g/mol. The molecule has 0 unspecified atom stereocenters. The first-order valence-electron chi connectivity index (χ1n) is 9.59. The molecule has 0 fully saturated rings. The van der Waals surface area contributed by atoms with Crippen LogP contribution in [-0.4, -0.2) is 35.2 Å². The molecule has 164 valence electrons. The van der Waals surface area contributed by atoms with E-state index in [1.807, 2.05) is 12.1 Å². The lowest BCUT2D eigenvalue weighted by atomic mass is 10.2. The minimum atomic E-state index is -1.45. The van der Waals surface area contributed by atoms with Gasteiger partial charge in [0.05, 0.1) is 16.6 Å². The summed E-state index contributed by atoms with van der Waals surface area (Å²) in [6.45, 7) is 0.141. The molecule has 3 aromatic heterocycles. The van der Waals surface area contributed by atoms with Gasteiger partial charge < -0.3 is 10.4 Å². The number of aryl methyl sites for hydroxylation is 2. The maximum atomic E-state index is 12.8. The van der Waals surface area contributed by atoms with Crippen LogP contribution in [-0.2, 0) is 13.0 Å². The summed E-state index contributed by atoms with van der Waals surface area (Å²) in [5, 5.41) is 32.8. The summed E-state index contributed by atoms with van der Waals surface area (Å²) < 4.78 is 1.82. The van der Waals surface area contributed by atoms with Crippen molar-refractivity contribution in [3.05, 3.63) is 86.6 Å². The molecule has 1 aromatic carbocycles. The number of aromatic nitrogens is 4. The van der Waals surface area contributed by atoms with Crippen molar-refractivity contribution in [2.24, 2.45) is 0 Å². The maximum Gasteiger partial charge on any atom is 0.420 e. The van der Waals surface area contributed by atoms with Crippen molar-refractivity contribution < 1.29 is 14.8 Å². The number of nitrogens with zero attached hydrogens (tertiary/aromatic N) is 6. The zero-order chi connectivity index (χ0) is 23.5. The Hall–Kier alpha value is -5.05. The maximum absolute atomic E-state index is 12.8. The number of hydrogen-bond donors (Lipinski definition) is 2. The second kappa shape index (κ2) is 8.60. The normalized spacial score (nSPS) is 10.6. The molecule has 0 spiro atoms. The van der Waals surface area contributed by atoms with E-state index in [0.717, 1.165) is 5.56 Å². The molecule has 0 saturated carbocycles. The predicted octanol–water partition coefficient (Wildman–Crippen LogP) is 2.89. The van der Waals surface area contributed by atoms with Crippen LogP contribution in [0.1, 0.15) is 11.1 Å². The summed E-state index contributed by atoms with van der Waals surface area (Å²) in [4.78, 5) is 43.6. The monoisotopic (exact) mass is 445 g/mol. The van der Waals surface area contributed by atoms with Gasteiger partial charge in [-0.2, -0.15) is 9.83 Å². The number of nitro benzene ring substituents is 1. The van der Waals surface area contributed by atoms with E-state index in [9.17, 15) is 24.8 Å². The van der Waals surface area contributed by atoms with Gasteiger partial charge in [0, 0.05) is 25.0 Å². The first-order chi connectivity index (χ1) is 15.9. The fourth-order valence-electron chi connectivity index (χ4n) is 3.37. The van der Waals surface area contributed by atoms with Crippen LogP contribution < -0.4 is 11.0 Å². The SMILES string of the molecule is N#Cc1ccc([N+](=O)[O-])c(Nc2ccc3c(n2)n(CCc2cccnc2)c(=O)n3C(=O)O)c1. The lowest BCUT2D eigenvalue weighted by Crippen LogP contribution is -2.28. The molecule has 0 atom stereocenters. The predicted molar refractivity (Wildman–Crippen MR) is 116 cm³/mol. The lowest BCUT2D eigenvalue weighted by Gasteiger charge is -2.08. The highest BCUT2D eigenvalue weighted by molar-refractivity contribution is 5.85. The number of nitro groups is 1. The number of hydrogen-bond acceptors (Lipinski definition) is 8. The van der Waals surface area contributed by atoms with Crippen LogP contribution in [0.15, 0.2) is 59.7 Å². The summed E-state index contributed by atoms with van der Waals surface area (Å²) in [5.74, 6) is 0.137. The number of pyridine rings is 2. The van der Waals surface area contributed by atoms with Gasteiger partial charge in [-0.25, -0.2) is 14.6 Å². The van der Waals surface area contributed by atoms with Gasteiger partial charge in [-0.05, 0) is 42.3 Å². The number of imidazole rings is 1. The van der Waals surface area contributed by atoms with Crippen LogP contribution in [0.2, 0.25) is 0 Å². The van der Waals surface area contributed by atoms with Crippen LogP contribution in [0, 0.1) is 21.4 Å². The van der Waals surface area contributed by atoms with Gasteiger partial charge in [0.2, 0.25) is 0 Å². The van der Waals surface area contributed by atoms with E-state index in [0.29, 0.717) is 11.0 Å². The summed E-state index contributed by atoms with van der Waals surface area (Å²) in [6.07, 6.45) is 2.21. The van der Waals surface area contributed by atoms with Crippen molar-refractivity contribution in [2.75, 3.05) is 5.32 Å². The molecular formula is C21H15N7O5. The highest BCUT2D eigenvalue weighted by atomic mass is 16.6. The number of nitrogens with one attached hydrogen (secondary N) is 1. The third-order valence-corrected chi connectivity index (χ3v) is 4.90. The summed E-state index contributed by atoms with van der Waals surface area (Å²) >= 11 is 0. The van der Waals surface area contributed by atoms with Crippen molar-refractivity contribution in [1.82, 2.24) is 19.1 Å². The quantitative estimate of drug-likeness (QED) is 0.335. The van der Waals surface area contributed by atoms with Crippen LogP contribution >= 0.6 is 0 Å². The van der Waals surface area contributed by atoms with Gasteiger partial charge in [-0.1, -0.05) is 6.07 Å². The third kappa shape index (κ3) is 4.10. The van der Waals surface area contributed by atoms with E-state index in [4.69, 9.17) is 5.26 Å². The Kier molecular flexibility index (Phi) is 5.52. The standard InChI is InChI=1S/C21H15N7O5/c22-11-14-3-4-16(28(32)33)15(10-14)24-18-6-5-17-19(25-18)26(20(29)27(17)21(30)31)9-7-13-2-1-8-23-12-13/h1-6,8,10,12H,7,9H2,(H,24,25)(H,30,31). The van der Waals surface area contributed by atoms with Crippen molar-refractivity contribution in [3.63, 3.8) is 0 Å². The average Bonchev–Trinajstić information content (AvgIpc) is 3.08. The van der Waals surface area contributed by atoms with Gasteiger partial charge >= 0.3 is 11.8 Å². The van der Waals surface area contributed by atoms with E-state index in [2.05, 4.69) is 15.3 Å². The Morgan fingerprint density at radius 2 is 2.09 bits per heavy atom. The van der Waals surface area contributed by atoms with E-state index < -0.39 is 16.7 Å². The fraction of sp³-hybridized carbons (Fsp3) is 0.0952. The Morgan fingerprint density at radius 3 is 2.76 bits per heavy atom. The molecule has 4 aromatic rings. The van der Waals surface area contributed by atoms with Gasteiger partial charge in [-0.15, -0.1) is 0 Å². The molecule has 0 amide bonds. The van der Waals surface area contributed by atoms with E-state index in [1.54, 1.807) is 18.5 Å². The Labute approximate surface area is 185 Å². The van der Waals surface area contributed by atoms with Crippen molar-refractivity contribution in [3.8, 4) is 6.07 Å². The second-order valence-corrected chi connectivity index (χ2v) is 6.93. The molecule has 12 nitrogen and oxygen atoms in total. The van der Waals surface area contributed by atoms with Crippen LogP contribution in [0.25, 0.3) is 11.2 Å². The van der Waals surface area contributed by atoms with E-state index in [-0.39, 0.29) is 40.5 Å². The van der Waals surface area contributed by atoms with Crippen LogP contribution in [0.3, 0.4) is 0 Å². The zero-order valence-electron chi connectivity index (χ0n) is 16.9. The molecule has 12 heteroatoms. The van der Waals surface area contributed by atoms with E-state index >= 15 is 0 Å². The Bertz CT molecular complexity index is 1480. The molecule has 0 radical (unpaired) electrons. The number of benzene rings is 1. The number of rotatable bonds is 6. The van der Waals surface area contributed by atoms with Gasteiger partial charge in [0.15, 0.2) is 5.65 Å². The molecule has 3 heterocycles. The molecule has 2 N–H and O–H groups in total. The largest absolute Gasteiger partial charge is 0.464 e. The molecule has 0 aliphatic heterocycles. The summed E-state index contributed by atoms with van der Waals surface area (Å²) in [6, 6.07) is 12.1. The number of carboxylic acid groups (broad SMARTS) is 1. The Morgan fingerprint density at radius 1 is 1.27 bits per heavy atom. The Balaban J connectivity index is 1.78. The number of nitriles is 1. The van der Waals surface area contributed by atoms with Crippen LogP contribution in [0.4, 0.5) is 22.0 Å². The number of carbonyl (C=O) groups is 1. The molecule has 33 heavy (non-hydrogen) atoms. The molecule has 0 bridgehead atoms. The second-order valence-electron chi connectivity index (χ2n) is 6.93. The third-order valence-electron chi connectivity index (χ3n) is 4.90. The first kappa shape index (κ1) is 21.2. The summed E-state index contributed by atoms with van der Waals surface area (Å²) in [7, 11) is 0. The molecule has 0 aliphatic rings. The van der Waals surface area contributed by atoms with Crippen molar-refractivity contribution in [2.45, 2.75) is 13.0 Å². The minimum Gasteiger partial charge on any atom is -0.464 e. The minimum absolute atomic E-state index is 0.0350. The van der Waals surface area contributed by atoms with Crippen molar-refractivity contribution >= 4 is 34.4 Å². The first-order valence-corrected chi connectivity index (χ1v) is 9.59. The lowest BCUT2D eigenvalue weighted by molar-refractivity contribution is -0.383. The van der Waals surface area contributed by atoms with Gasteiger partial charge in [0.1, 0.15) is 17.0 Å². The van der Waals surface area contributed by atoms with Gasteiger partial charge in [-0.3, -0.25) is 19.7 Å². The number of anilines is 2. The van der Waals surface area contributed by atoms with Gasteiger partial charge in [0.25, 0.3) is 5.69 Å². The molecule has 0 aliphatic carbocycles. The van der Waals surface area contributed by atoms with E-state index in [1.165, 1.54) is 34.9 Å². The highest BCUT2D eigenvalue weighted by Crippen LogP contribution is 2.28. The fourth-order valence-corrected chi connectivity index (χ4v) is 3.37. The molecule has 4 rings (SSSR count). The zero-order valence-corrected chi connectivity index (χ0v) is 16.9. The number of fused-ring (bicyclic) bond motifs is 1. The summed E-state index contributed by atoms with van der Waals surface area (Å²) in [5.41, 5.74) is 0.206. The van der Waals surface area contributed by atoms with Crippen LogP contribution in [0.5, 0.6) is 0 Å². The average molecular weight is 445 g/mol. The molecule has 0 saturated heterocycles. The highest BCUT2D eigenvalue weighted by Gasteiger charge is 2.20. The smallest absolute Gasteiger partial charge is 0.420 e. The van der Waals surface area contributed by atoms with Crippen molar-refractivity contribution in [1.29, 1.82) is 5.26 Å². The topological polar surface area (TPSA) is 169 Å².